The van der Waals surface area contributed by atoms with Crippen molar-refractivity contribution in [2.75, 3.05) is 14.2 Å². The Balaban J connectivity index is 1.61. The average Bonchev–Trinajstić information content (AvgIpc) is 3.16. The number of carbonyl (C=O) groups excluding carboxylic acids is 2. The van der Waals surface area contributed by atoms with Crippen molar-refractivity contribution in [2.24, 2.45) is 0 Å². The molecule has 7 heteroatoms. The van der Waals surface area contributed by atoms with E-state index in [9.17, 15) is 9.59 Å². The van der Waals surface area contributed by atoms with Gasteiger partial charge in [0.2, 0.25) is 0 Å². The first-order valence-corrected chi connectivity index (χ1v) is 8.95. The number of benzene rings is 2. The van der Waals surface area contributed by atoms with E-state index in [4.69, 9.17) is 9.47 Å². The van der Waals surface area contributed by atoms with Gasteiger partial charge in [-0.2, -0.15) is 0 Å². The molecule has 0 atom stereocenters. The molecule has 2 aromatic carbocycles. The summed E-state index contributed by atoms with van der Waals surface area (Å²) in [5, 5.41) is 2.66. The molecule has 0 amide bonds. The third-order valence-electron chi connectivity index (χ3n) is 3.72. The van der Waals surface area contributed by atoms with Crippen LogP contribution >= 0.6 is 11.3 Å². The van der Waals surface area contributed by atoms with Crippen molar-refractivity contribution in [3.05, 3.63) is 65.2 Å². The molecule has 0 bridgehead atoms. The molecule has 0 saturated carbocycles. The number of aromatic nitrogens is 1. The molecule has 0 N–H and O–H groups in total. The predicted octanol–water partition coefficient (Wildman–Crippen LogP) is 3.75. The van der Waals surface area contributed by atoms with E-state index in [1.165, 1.54) is 18.4 Å². The predicted molar refractivity (Wildman–Crippen MR) is 101 cm³/mol. The van der Waals surface area contributed by atoms with E-state index >= 15 is 0 Å². The number of thiazole rings is 1. The number of ether oxygens (including phenoxy) is 3. The molecule has 3 rings (SSSR count). The largest absolute Gasteiger partial charge is 0.497 e. The SMILES string of the molecule is COC(=O)c1ccc(OC(=O)Cc2csc(-c3ccc(OC)cc3)n2)cc1. The van der Waals surface area contributed by atoms with Crippen LogP contribution in [0.2, 0.25) is 0 Å². The molecule has 0 aliphatic heterocycles. The lowest BCUT2D eigenvalue weighted by molar-refractivity contribution is -0.133. The van der Waals surface area contributed by atoms with Gasteiger partial charge in [-0.25, -0.2) is 9.78 Å². The molecule has 0 aliphatic carbocycles. The number of hydrogen-bond acceptors (Lipinski definition) is 7. The normalized spacial score (nSPS) is 10.3. The van der Waals surface area contributed by atoms with E-state index in [1.54, 1.807) is 31.4 Å². The molecule has 1 heterocycles. The van der Waals surface area contributed by atoms with Crippen molar-refractivity contribution in [3.8, 4) is 22.1 Å². The summed E-state index contributed by atoms with van der Waals surface area (Å²) >= 11 is 1.46. The molecular formula is C20H17NO5S. The van der Waals surface area contributed by atoms with E-state index in [0.29, 0.717) is 17.0 Å². The fourth-order valence-corrected chi connectivity index (χ4v) is 3.17. The van der Waals surface area contributed by atoms with E-state index in [0.717, 1.165) is 16.3 Å². The molecular weight excluding hydrogens is 366 g/mol. The van der Waals surface area contributed by atoms with Crippen molar-refractivity contribution in [2.45, 2.75) is 6.42 Å². The topological polar surface area (TPSA) is 74.7 Å². The molecule has 0 aliphatic rings. The van der Waals surface area contributed by atoms with Gasteiger partial charge < -0.3 is 14.2 Å². The highest BCUT2D eigenvalue weighted by molar-refractivity contribution is 7.13. The summed E-state index contributed by atoms with van der Waals surface area (Å²) < 4.78 is 15.1. The van der Waals surface area contributed by atoms with Crippen LogP contribution in [0.3, 0.4) is 0 Å². The number of rotatable bonds is 6. The summed E-state index contributed by atoms with van der Waals surface area (Å²) in [6.45, 7) is 0. The summed E-state index contributed by atoms with van der Waals surface area (Å²) in [7, 11) is 2.93. The number of esters is 2. The number of hydrogen-bond donors (Lipinski definition) is 0. The second-order valence-electron chi connectivity index (χ2n) is 5.54. The van der Waals surface area contributed by atoms with Gasteiger partial charge >= 0.3 is 11.9 Å². The Bertz CT molecular complexity index is 932. The Morgan fingerprint density at radius 3 is 2.26 bits per heavy atom. The van der Waals surface area contributed by atoms with Crippen LogP contribution in [0.4, 0.5) is 0 Å². The quantitative estimate of drug-likeness (QED) is 0.477. The maximum absolute atomic E-state index is 12.1. The highest BCUT2D eigenvalue weighted by Crippen LogP contribution is 2.26. The Labute approximate surface area is 160 Å². The van der Waals surface area contributed by atoms with Gasteiger partial charge in [-0.15, -0.1) is 11.3 Å². The van der Waals surface area contributed by atoms with Crippen LogP contribution in [0.5, 0.6) is 11.5 Å². The fraction of sp³-hybridized carbons (Fsp3) is 0.150. The minimum absolute atomic E-state index is 0.0609. The first kappa shape index (κ1) is 18.6. The van der Waals surface area contributed by atoms with Crippen molar-refractivity contribution in [1.82, 2.24) is 4.98 Å². The highest BCUT2D eigenvalue weighted by atomic mass is 32.1. The first-order valence-electron chi connectivity index (χ1n) is 8.07. The maximum atomic E-state index is 12.1. The zero-order valence-corrected chi connectivity index (χ0v) is 15.6. The van der Waals surface area contributed by atoms with Crippen LogP contribution in [0, 0.1) is 0 Å². The highest BCUT2D eigenvalue weighted by Gasteiger charge is 2.12. The summed E-state index contributed by atoms with van der Waals surface area (Å²) in [5.41, 5.74) is 1.99. The molecule has 0 fully saturated rings. The summed E-state index contributed by atoms with van der Waals surface area (Å²) in [6.07, 6.45) is 0.0609. The molecule has 1 aromatic heterocycles. The summed E-state index contributed by atoms with van der Waals surface area (Å²) in [5.74, 6) is 0.268. The average molecular weight is 383 g/mol. The van der Waals surface area contributed by atoms with Crippen molar-refractivity contribution >= 4 is 23.3 Å². The molecule has 0 spiro atoms. The van der Waals surface area contributed by atoms with Gasteiger partial charge in [0.25, 0.3) is 0 Å². The van der Waals surface area contributed by atoms with E-state index in [2.05, 4.69) is 9.72 Å². The maximum Gasteiger partial charge on any atom is 0.337 e. The van der Waals surface area contributed by atoms with E-state index in [-0.39, 0.29) is 6.42 Å². The van der Waals surface area contributed by atoms with Gasteiger partial charge in [0, 0.05) is 10.9 Å². The van der Waals surface area contributed by atoms with Gasteiger partial charge in [0.1, 0.15) is 16.5 Å². The molecule has 27 heavy (non-hydrogen) atoms. The number of nitrogens with zero attached hydrogens (tertiary/aromatic N) is 1. The standard InChI is InChI=1S/C20H17NO5S/c1-24-16-7-3-13(4-8-16)19-21-15(12-27-19)11-18(22)26-17-9-5-14(6-10-17)20(23)25-2/h3-10,12H,11H2,1-2H3. The third-order valence-corrected chi connectivity index (χ3v) is 4.66. The lowest BCUT2D eigenvalue weighted by Gasteiger charge is -2.04. The van der Waals surface area contributed by atoms with Crippen molar-refractivity contribution in [3.63, 3.8) is 0 Å². The second kappa shape index (κ2) is 8.46. The lowest BCUT2D eigenvalue weighted by atomic mass is 10.2. The third kappa shape index (κ3) is 4.71. The minimum atomic E-state index is -0.443. The van der Waals surface area contributed by atoms with Gasteiger partial charge in [-0.1, -0.05) is 0 Å². The van der Waals surface area contributed by atoms with E-state index < -0.39 is 11.9 Å². The van der Waals surface area contributed by atoms with Crippen molar-refractivity contribution in [1.29, 1.82) is 0 Å². The van der Waals surface area contributed by atoms with Crippen LogP contribution in [-0.2, 0) is 16.0 Å². The Morgan fingerprint density at radius 2 is 1.63 bits per heavy atom. The molecule has 3 aromatic rings. The van der Waals surface area contributed by atoms with Gasteiger partial charge in [-0.3, -0.25) is 4.79 Å². The van der Waals surface area contributed by atoms with Gasteiger partial charge in [0.05, 0.1) is 31.9 Å². The zero-order valence-electron chi connectivity index (χ0n) is 14.8. The molecule has 0 radical (unpaired) electrons. The Morgan fingerprint density at radius 1 is 0.963 bits per heavy atom. The molecule has 138 valence electrons. The van der Waals surface area contributed by atoms with Crippen LogP contribution < -0.4 is 9.47 Å². The second-order valence-corrected chi connectivity index (χ2v) is 6.40. The first-order chi connectivity index (χ1) is 13.1. The smallest absolute Gasteiger partial charge is 0.337 e. The van der Waals surface area contributed by atoms with Crippen molar-refractivity contribution < 1.29 is 23.8 Å². The molecule has 0 saturated heterocycles. The van der Waals surface area contributed by atoms with Gasteiger partial charge in [-0.05, 0) is 48.5 Å². The summed E-state index contributed by atoms with van der Waals surface area (Å²) in [6, 6.07) is 13.7. The molecule has 0 unspecified atom stereocenters. The monoisotopic (exact) mass is 383 g/mol. The minimum Gasteiger partial charge on any atom is -0.497 e. The zero-order chi connectivity index (χ0) is 19.2. The van der Waals surface area contributed by atoms with Crippen LogP contribution in [0.15, 0.2) is 53.9 Å². The van der Waals surface area contributed by atoms with Crippen LogP contribution in [0.1, 0.15) is 16.1 Å². The number of carbonyl (C=O) groups is 2. The lowest BCUT2D eigenvalue weighted by Crippen LogP contribution is -2.11. The molecule has 6 nitrogen and oxygen atoms in total. The Hall–Kier alpha value is -3.19. The van der Waals surface area contributed by atoms with E-state index in [1.807, 2.05) is 29.6 Å². The van der Waals surface area contributed by atoms with Gasteiger partial charge in [0.15, 0.2) is 0 Å². The number of methoxy groups -OCH3 is 2. The Kier molecular flexibility index (Phi) is 5.83. The van der Waals surface area contributed by atoms with Crippen LogP contribution in [-0.4, -0.2) is 31.1 Å². The fourth-order valence-electron chi connectivity index (χ4n) is 2.35. The summed E-state index contributed by atoms with van der Waals surface area (Å²) in [4.78, 5) is 28.0. The van der Waals surface area contributed by atoms with Crippen LogP contribution in [0.25, 0.3) is 10.6 Å².